The Bertz CT molecular complexity index is 439. The van der Waals surface area contributed by atoms with Gasteiger partial charge in [-0.1, -0.05) is 22.0 Å². The van der Waals surface area contributed by atoms with Crippen molar-refractivity contribution >= 4 is 27.7 Å². The standard InChI is InChI=1S/C11H9BrO3/c1-6(13)4-10-8-3-2-7(12)5-9(8)11(14)15-10/h2-3,5,10H,4H2,1H3/t10-/m1/s1. The smallest absolute Gasteiger partial charge is 0.339 e. The average Bonchev–Trinajstić information content (AvgIpc) is 2.42. The monoisotopic (exact) mass is 268 g/mol. The number of rotatable bonds is 2. The van der Waals surface area contributed by atoms with E-state index in [0.717, 1.165) is 10.0 Å². The highest BCUT2D eigenvalue weighted by molar-refractivity contribution is 9.10. The van der Waals surface area contributed by atoms with Crippen LogP contribution >= 0.6 is 15.9 Å². The maximum absolute atomic E-state index is 11.5. The minimum Gasteiger partial charge on any atom is -0.453 e. The van der Waals surface area contributed by atoms with E-state index >= 15 is 0 Å². The first-order valence-corrected chi connectivity index (χ1v) is 5.37. The lowest BCUT2D eigenvalue weighted by atomic mass is 10.0. The predicted molar refractivity (Wildman–Crippen MR) is 57.6 cm³/mol. The molecular formula is C11H9BrO3. The minimum atomic E-state index is -0.405. The summed E-state index contributed by atoms with van der Waals surface area (Å²) in [5, 5.41) is 0. The van der Waals surface area contributed by atoms with Gasteiger partial charge >= 0.3 is 5.97 Å². The third kappa shape index (κ3) is 1.95. The maximum atomic E-state index is 11.5. The Morgan fingerprint density at radius 2 is 2.27 bits per heavy atom. The Morgan fingerprint density at radius 1 is 1.53 bits per heavy atom. The number of carbonyl (C=O) groups excluding carboxylic acids is 2. The van der Waals surface area contributed by atoms with Crippen molar-refractivity contribution in [3.63, 3.8) is 0 Å². The number of cyclic esters (lactones) is 1. The van der Waals surface area contributed by atoms with Gasteiger partial charge in [0.25, 0.3) is 0 Å². The summed E-state index contributed by atoms with van der Waals surface area (Å²) in [6.45, 7) is 1.49. The molecular weight excluding hydrogens is 260 g/mol. The van der Waals surface area contributed by atoms with Crippen LogP contribution in [0.2, 0.25) is 0 Å². The molecule has 0 fully saturated rings. The minimum absolute atomic E-state index is 0.0172. The van der Waals surface area contributed by atoms with Gasteiger partial charge in [-0.15, -0.1) is 0 Å². The molecule has 1 aliphatic rings. The second kappa shape index (κ2) is 3.77. The molecule has 0 amide bonds. The van der Waals surface area contributed by atoms with Crippen molar-refractivity contribution in [2.75, 3.05) is 0 Å². The van der Waals surface area contributed by atoms with E-state index in [2.05, 4.69) is 15.9 Å². The van der Waals surface area contributed by atoms with Crippen molar-refractivity contribution in [2.45, 2.75) is 19.4 Å². The van der Waals surface area contributed by atoms with Gasteiger partial charge < -0.3 is 4.74 Å². The molecule has 0 radical (unpaired) electrons. The molecule has 0 aliphatic carbocycles. The molecule has 3 nitrogen and oxygen atoms in total. The first kappa shape index (κ1) is 10.4. The number of benzene rings is 1. The number of esters is 1. The summed E-state index contributed by atoms with van der Waals surface area (Å²) in [5.74, 6) is -0.332. The Morgan fingerprint density at radius 3 is 2.93 bits per heavy atom. The van der Waals surface area contributed by atoms with E-state index in [1.165, 1.54) is 6.92 Å². The second-order valence-corrected chi connectivity index (χ2v) is 4.45. The van der Waals surface area contributed by atoms with Crippen molar-refractivity contribution in [1.82, 2.24) is 0 Å². The van der Waals surface area contributed by atoms with Gasteiger partial charge in [-0.05, 0) is 19.1 Å². The van der Waals surface area contributed by atoms with E-state index in [-0.39, 0.29) is 18.2 Å². The van der Waals surface area contributed by atoms with Crippen LogP contribution in [0.1, 0.15) is 35.4 Å². The fraction of sp³-hybridized carbons (Fsp3) is 0.273. The van der Waals surface area contributed by atoms with Gasteiger partial charge in [0, 0.05) is 16.5 Å². The normalized spacial score (nSPS) is 18.5. The van der Waals surface area contributed by atoms with E-state index in [1.807, 2.05) is 12.1 Å². The molecule has 1 atom stereocenters. The summed E-state index contributed by atoms with van der Waals surface area (Å²) in [6, 6.07) is 5.38. The number of ether oxygens (including phenoxy) is 1. The molecule has 0 spiro atoms. The van der Waals surface area contributed by atoms with Crippen LogP contribution < -0.4 is 0 Å². The molecule has 0 aromatic heterocycles. The van der Waals surface area contributed by atoms with Crippen LogP contribution in [0.15, 0.2) is 22.7 Å². The van der Waals surface area contributed by atoms with Gasteiger partial charge in [-0.25, -0.2) is 4.79 Å². The highest BCUT2D eigenvalue weighted by Crippen LogP contribution is 2.34. The number of halogens is 1. The Balaban J connectivity index is 2.38. The molecule has 1 aromatic carbocycles. The quantitative estimate of drug-likeness (QED) is 0.775. The molecule has 2 rings (SSSR count). The molecule has 15 heavy (non-hydrogen) atoms. The number of Topliss-reactive ketones (excluding diaryl/α,β-unsaturated/α-hetero) is 1. The van der Waals surface area contributed by atoms with Crippen molar-refractivity contribution in [3.8, 4) is 0 Å². The third-order valence-corrected chi connectivity index (χ3v) is 2.80. The number of ketones is 1. The molecule has 0 bridgehead atoms. The van der Waals surface area contributed by atoms with Crippen LogP contribution in [0.3, 0.4) is 0 Å². The lowest BCUT2D eigenvalue weighted by Gasteiger charge is -2.07. The highest BCUT2D eigenvalue weighted by Gasteiger charge is 2.31. The van der Waals surface area contributed by atoms with Crippen molar-refractivity contribution in [2.24, 2.45) is 0 Å². The van der Waals surface area contributed by atoms with Crippen LogP contribution in [0, 0.1) is 0 Å². The largest absolute Gasteiger partial charge is 0.453 e. The zero-order valence-electron chi connectivity index (χ0n) is 8.12. The summed E-state index contributed by atoms with van der Waals surface area (Å²) in [6.07, 6.45) is -0.154. The molecule has 0 N–H and O–H groups in total. The zero-order valence-corrected chi connectivity index (χ0v) is 9.71. The Kier molecular flexibility index (Phi) is 2.61. The Hall–Kier alpha value is -1.16. The number of hydrogen-bond acceptors (Lipinski definition) is 3. The maximum Gasteiger partial charge on any atom is 0.339 e. The lowest BCUT2D eigenvalue weighted by Crippen LogP contribution is -2.03. The van der Waals surface area contributed by atoms with Crippen molar-refractivity contribution in [1.29, 1.82) is 0 Å². The average molecular weight is 269 g/mol. The van der Waals surface area contributed by atoms with Gasteiger partial charge in [-0.3, -0.25) is 4.79 Å². The van der Waals surface area contributed by atoms with Crippen LogP contribution in [0.5, 0.6) is 0 Å². The summed E-state index contributed by atoms with van der Waals surface area (Å²) >= 11 is 3.29. The third-order valence-electron chi connectivity index (χ3n) is 2.30. The molecule has 1 heterocycles. The molecule has 1 aromatic rings. The van der Waals surface area contributed by atoms with Crippen LogP contribution in [-0.4, -0.2) is 11.8 Å². The molecule has 78 valence electrons. The fourth-order valence-corrected chi connectivity index (χ4v) is 2.02. The first-order chi connectivity index (χ1) is 7.08. The molecule has 4 heteroatoms. The van der Waals surface area contributed by atoms with Crippen LogP contribution in [0.4, 0.5) is 0 Å². The SMILES string of the molecule is CC(=O)C[C@H]1OC(=O)c2cc(Br)ccc21. The summed E-state index contributed by atoms with van der Waals surface area (Å²) < 4.78 is 5.95. The van der Waals surface area contributed by atoms with Gasteiger partial charge in [-0.2, -0.15) is 0 Å². The van der Waals surface area contributed by atoms with E-state index in [1.54, 1.807) is 6.07 Å². The van der Waals surface area contributed by atoms with Gasteiger partial charge in [0.1, 0.15) is 11.9 Å². The van der Waals surface area contributed by atoms with Crippen LogP contribution in [-0.2, 0) is 9.53 Å². The van der Waals surface area contributed by atoms with Crippen molar-refractivity contribution in [3.05, 3.63) is 33.8 Å². The van der Waals surface area contributed by atoms with E-state index in [0.29, 0.717) is 5.56 Å². The van der Waals surface area contributed by atoms with E-state index in [4.69, 9.17) is 4.74 Å². The molecule has 1 aliphatic heterocycles. The number of fused-ring (bicyclic) bond motifs is 1. The highest BCUT2D eigenvalue weighted by atomic mass is 79.9. The Labute approximate surface area is 95.6 Å². The summed E-state index contributed by atoms with van der Waals surface area (Å²) in [7, 11) is 0. The van der Waals surface area contributed by atoms with Crippen molar-refractivity contribution < 1.29 is 14.3 Å². The van der Waals surface area contributed by atoms with E-state index in [9.17, 15) is 9.59 Å². The van der Waals surface area contributed by atoms with Crippen LogP contribution in [0.25, 0.3) is 0 Å². The molecule has 0 saturated heterocycles. The van der Waals surface area contributed by atoms with Gasteiger partial charge in [0.2, 0.25) is 0 Å². The lowest BCUT2D eigenvalue weighted by molar-refractivity contribution is -0.118. The topological polar surface area (TPSA) is 43.4 Å². The summed E-state index contributed by atoms with van der Waals surface area (Å²) in [4.78, 5) is 22.4. The second-order valence-electron chi connectivity index (χ2n) is 3.53. The molecule has 0 saturated carbocycles. The van der Waals surface area contributed by atoms with Gasteiger partial charge in [0.05, 0.1) is 5.56 Å². The number of hydrogen-bond donors (Lipinski definition) is 0. The number of carbonyl (C=O) groups is 2. The fourth-order valence-electron chi connectivity index (χ4n) is 1.65. The molecule has 0 unspecified atom stereocenters. The zero-order chi connectivity index (χ0) is 11.0. The predicted octanol–water partition coefficient (Wildman–Crippen LogP) is 2.64. The first-order valence-electron chi connectivity index (χ1n) is 4.58. The van der Waals surface area contributed by atoms with E-state index < -0.39 is 6.10 Å². The van der Waals surface area contributed by atoms with Gasteiger partial charge in [0.15, 0.2) is 0 Å². The summed E-state index contributed by atoms with van der Waals surface area (Å²) in [5.41, 5.74) is 1.36.